The monoisotopic (exact) mass is 482 g/mol. The molecular formula is C32H44F2O. The Labute approximate surface area is 212 Å². The first-order valence-corrected chi connectivity index (χ1v) is 13.9. The predicted octanol–water partition coefficient (Wildman–Crippen LogP) is 10.2. The van der Waals surface area contributed by atoms with Crippen LogP contribution < -0.4 is 4.74 Å². The average molecular weight is 483 g/mol. The van der Waals surface area contributed by atoms with Crippen LogP contribution in [0.5, 0.6) is 5.75 Å². The zero-order chi connectivity index (χ0) is 25.2. The zero-order valence-electron chi connectivity index (χ0n) is 22.2. The molecule has 3 rings (SSSR count). The van der Waals surface area contributed by atoms with Gasteiger partial charge in [-0.2, -0.15) is 0 Å². The maximum Gasteiger partial charge on any atom is 0.191 e. The molecule has 0 aromatic heterocycles. The molecule has 0 bridgehead atoms. The van der Waals surface area contributed by atoms with E-state index in [0.717, 1.165) is 31.2 Å². The Hall–Kier alpha value is -2.16. The summed E-state index contributed by atoms with van der Waals surface area (Å²) in [5.41, 5.74) is 2.71. The van der Waals surface area contributed by atoms with Crippen molar-refractivity contribution in [1.29, 1.82) is 0 Å². The van der Waals surface area contributed by atoms with E-state index < -0.39 is 11.6 Å². The van der Waals surface area contributed by atoms with Crippen LogP contribution in [0.25, 0.3) is 11.1 Å². The second kappa shape index (κ2) is 13.8. The maximum absolute atomic E-state index is 14.8. The summed E-state index contributed by atoms with van der Waals surface area (Å²) in [6, 6.07) is 11.0. The molecule has 3 heteroatoms. The van der Waals surface area contributed by atoms with E-state index in [0.29, 0.717) is 23.3 Å². The molecule has 1 nitrogen and oxygen atoms in total. The third kappa shape index (κ3) is 8.19. The van der Waals surface area contributed by atoms with E-state index in [9.17, 15) is 8.78 Å². The number of unbranched alkanes of at least 4 members (excludes halogenated alkanes) is 3. The van der Waals surface area contributed by atoms with Crippen LogP contribution in [0.2, 0.25) is 0 Å². The molecule has 2 unspecified atom stereocenters. The lowest BCUT2D eigenvalue weighted by Crippen LogP contribution is -2.13. The van der Waals surface area contributed by atoms with Crippen molar-refractivity contribution < 1.29 is 13.5 Å². The van der Waals surface area contributed by atoms with Gasteiger partial charge in [-0.05, 0) is 92.0 Å². The van der Waals surface area contributed by atoms with Crippen LogP contribution in [0.4, 0.5) is 8.78 Å². The van der Waals surface area contributed by atoms with Gasteiger partial charge in [0.1, 0.15) is 0 Å². The minimum absolute atomic E-state index is 0.207. The van der Waals surface area contributed by atoms with Crippen LogP contribution in [0.15, 0.2) is 48.6 Å². The summed E-state index contributed by atoms with van der Waals surface area (Å²) in [4.78, 5) is 0. The Kier molecular flexibility index (Phi) is 10.8. The fourth-order valence-electron chi connectivity index (χ4n) is 5.03. The highest BCUT2D eigenvalue weighted by atomic mass is 19.1. The van der Waals surface area contributed by atoms with E-state index in [-0.39, 0.29) is 11.9 Å². The molecule has 1 fully saturated rings. The summed E-state index contributed by atoms with van der Waals surface area (Å²) in [5.74, 6) is 0.411. The third-order valence-corrected chi connectivity index (χ3v) is 7.62. The van der Waals surface area contributed by atoms with Gasteiger partial charge >= 0.3 is 0 Å². The Morgan fingerprint density at radius 3 is 2.14 bits per heavy atom. The second-order valence-electron chi connectivity index (χ2n) is 10.6. The molecule has 0 spiro atoms. The van der Waals surface area contributed by atoms with Crippen LogP contribution in [0, 0.1) is 23.5 Å². The van der Waals surface area contributed by atoms with Crippen molar-refractivity contribution in [2.75, 3.05) is 0 Å². The van der Waals surface area contributed by atoms with Crippen molar-refractivity contribution in [3.8, 4) is 16.9 Å². The lowest BCUT2D eigenvalue weighted by molar-refractivity contribution is 0.188. The molecule has 0 N–H and O–H groups in total. The fraction of sp³-hybridized carbons (Fsp3) is 0.562. The Bertz CT molecular complexity index is 902. The molecule has 192 valence electrons. The molecule has 0 aliphatic heterocycles. The standard InChI is InChI=1S/C32H44F2O/c1-5-7-8-9-10-24(4)35-32-30(33)21-29(22-31(32)34)28-19-17-27(18-20-28)26-15-13-25(14-16-26)12-11-23(3)6-2/h11-12,17-26H,5-10,13-16H2,1-4H3/b12-11+. The van der Waals surface area contributed by atoms with Gasteiger partial charge in [-0.25, -0.2) is 8.78 Å². The van der Waals surface area contributed by atoms with E-state index in [1.54, 1.807) is 0 Å². The number of ether oxygens (including phenoxy) is 1. The smallest absolute Gasteiger partial charge is 0.191 e. The highest BCUT2D eigenvalue weighted by molar-refractivity contribution is 5.65. The van der Waals surface area contributed by atoms with Gasteiger partial charge in [0.15, 0.2) is 17.4 Å². The van der Waals surface area contributed by atoms with Crippen molar-refractivity contribution in [1.82, 2.24) is 0 Å². The van der Waals surface area contributed by atoms with Crippen LogP contribution >= 0.6 is 0 Å². The number of rotatable bonds is 12. The number of halogens is 2. The molecule has 0 radical (unpaired) electrons. The van der Waals surface area contributed by atoms with Gasteiger partial charge in [-0.3, -0.25) is 0 Å². The number of allylic oxidation sites excluding steroid dienone is 2. The first-order chi connectivity index (χ1) is 16.9. The molecule has 0 saturated heterocycles. The Balaban J connectivity index is 1.59. The van der Waals surface area contributed by atoms with E-state index in [1.165, 1.54) is 56.2 Å². The lowest BCUT2D eigenvalue weighted by atomic mass is 9.78. The van der Waals surface area contributed by atoms with Crippen molar-refractivity contribution in [3.05, 3.63) is 65.7 Å². The van der Waals surface area contributed by atoms with Crippen LogP contribution in [-0.2, 0) is 0 Å². The summed E-state index contributed by atoms with van der Waals surface area (Å²) >= 11 is 0. The van der Waals surface area contributed by atoms with E-state index in [1.807, 2.05) is 19.1 Å². The van der Waals surface area contributed by atoms with Gasteiger partial charge in [-0.1, -0.05) is 82.9 Å². The van der Waals surface area contributed by atoms with Gasteiger partial charge < -0.3 is 4.74 Å². The third-order valence-electron chi connectivity index (χ3n) is 7.62. The number of hydrogen-bond acceptors (Lipinski definition) is 1. The Morgan fingerprint density at radius 1 is 0.886 bits per heavy atom. The van der Waals surface area contributed by atoms with Crippen LogP contribution in [0.3, 0.4) is 0 Å². The fourth-order valence-corrected chi connectivity index (χ4v) is 5.03. The molecule has 1 aliphatic rings. The minimum atomic E-state index is -0.631. The van der Waals surface area contributed by atoms with Gasteiger partial charge in [0, 0.05) is 0 Å². The van der Waals surface area contributed by atoms with Gasteiger partial charge in [-0.15, -0.1) is 0 Å². The van der Waals surface area contributed by atoms with Crippen LogP contribution in [0.1, 0.15) is 103 Å². The summed E-state index contributed by atoms with van der Waals surface area (Å²) in [6.45, 7) is 8.56. The maximum atomic E-state index is 14.8. The predicted molar refractivity (Wildman–Crippen MR) is 144 cm³/mol. The van der Waals surface area contributed by atoms with Crippen molar-refractivity contribution in [2.24, 2.45) is 11.8 Å². The van der Waals surface area contributed by atoms with Crippen molar-refractivity contribution in [3.63, 3.8) is 0 Å². The molecule has 2 atom stereocenters. The Morgan fingerprint density at radius 2 is 1.54 bits per heavy atom. The summed E-state index contributed by atoms with van der Waals surface area (Å²) in [6.07, 6.45) is 15.9. The molecule has 1 aliphatic carbocycles. The summed E-state index contributed by atoms with van der Waals surface area (Å²) in [5, 5.41) is 0. The van der Waals surface area contributed by atoms with Crippen molar-refractivity contribution >= 4 is 0 Å². The first kappa shape index (κ1) is 27.4. The molecular weight excluding hydrogens is 438 g/mol. The molecule has 2 aromatic carbocycles. The summed E-state index contributed by atoms with van der Waals surface area (Å²) in [7, 11) is 0. The average Bonchev–Trinajstić information content (AvgIpc) is 2.87. The molecule has 0 heterocycles. The molecule has 0 amide bonds. The zero-order valence-corrected chi connectivity index (χ0v) is 22.2. The van der Waals surface area contributed by atoms with E-state index >= 15 is 0 Å². The number of hydrogen-bond donors (Lipinski definition) is 0. The van der Waals surface area contributed by atoms with Crippen molar-refractivity contribution in [2.45, 2.75) is 104 Å². The summed E-state index contributed by atoms with van der Waals surface area (Å²) < 4.78 is 35.2. The van der Waals surface area contributed by atoms with E-state index in [4.69, 9.17) is 4.74 Å². The van der Waals surface area contributed by atoms with Gasteiger partial charge in [0.2, 0.25) is 0 Å². The quantitative estimate of drug-likeness (QED) is 0.216. The molecule has 35 heavy (non-hydrogen) atoms. The normalized spacial score (nSPS) is 20.2. The second-order valence-corrected chi connectivity index (χ2v) is 10.6. The molecule has 2 aromatic rings. The van der Waals surface area contributed by atoms with E-state index in [2.05, 4.69) is 45.1 Å². The van der Waals surface area contributed by atoms with Gasteiger partial charge in [0.25, 0.3) is 0 Å². The minimum Gasteiger partial charge on any atom is -0.485 e. The highest BCUT2D eigenvalue weighted by Crippen LogP contribution is 2.37. The molecule has 1 saturated carbocycles. The van der Waals surface area contributed by atoms with Crippen LogP contribution in [-0.4, -0.2) is 6.10 Å². The highest BCUT2D eigenvalue weighted by Gasteiger charge is 2.21. The van der Waals surface area contributed by atoms with Gasteiger partial charge in [0.05, 0.1) is 6.10 Å². The SMILES string of the molecule is CCCCCCC(C)Oc1c(F)cc(-c2ccc(C3CCC(/C=C/C(C)CC)CC3)cc2)cc1F. The number of benzene rings is 2. The largest absolute Gasteiger partial charge is 0.485 e. The lowest BCUT2D eigenvalue weighted by Gasteiger charge is -2.27. The first-order valence-electron chi connectivity index (χ1n) is 13.9. The topological polar surface area (TPSA) is 9.23 Å².